The van der Waals surface area contributed by atoms with E-state index < -0.39 is 27.0 Å². The molecule has 7 nitrogen and oxygen atoms in total. The van der Waals surface area contributed by atoms with Crippen LogP contribution in [0.5, 0.6) is 5.75 Å². The Kier molecular flexibility index (Phi) is 2.32. The number of nitro groups is 2. The van der Waals surface area contributed by atoms with E-state index in [0.29, 0.717) is 5.56 Å². The molecule has 0 N–H and O–H groups in total. The first-order chi connectivity index (χ1) is 6.43. The molecular formula is C7H5N2O5-. The second kappa shape index (κ2) is 3.29. The van der Waals surface area contributed by atoms with Gasteiger partial charge in [0.05, 0.1) is 15.6 Å². The van der Waals surface area contributed by atoms with Crippen molar-refractivity contribution in [3.63, 3.8) is 0 Å². The van der Waals surface area contributed by atoms with Crippen molar-refractivity contribution in [1.29, 1.82) is 0 Å². The van der Waals surface area contributed by atoms with Gasteiger partial charge in [0.1, 0.15) is 0 Å². The Balaban J connectivity index is 3.47. The molecule has 74 valence electrons. The molecule has 0 aliphatic rings. The molecule has 1 rings (SSSR count). The first kappa shape index (κ1) is 9.90. The summed E-state index contributed by atoms with van der Waals surface area (Å²) in [5.41, 5.74) is -1.23. The standard InChI is InChI=1S/C7H6N2O5/c1-4-2-5(8(11)12)7(10)6(3-4)9(13)14/h2-3,10H,1H3/p-1. The third-order valence-electron chi connectivity index (χ3n) is 1.59. The number of nitro benzene ring substituents is 2. The summed E-state index contributed by atoms with van der Waals surface area (Å²) < 4.78 is 0. The molecule has 7 heteroatoms. The van der Waals surface area contributed by atoms with E-state index in [1.807, 2.05) is 0 Å². The molecule has 0 aromatic heterocycles. The van der Waals surface area contributed by atoms with Crippen LogP contribution in [-0.2, 0) is 0 Å². The summed E-state index contributed by atoms with van der Waals surface area (Å²) in [5, 5.41) is 31.8. The smallest absolute Gasteiger partial charge is 0.268 e. The number of rotatable bonds is 2. The van der Waals surface area contributed by atoms with Crippen LogP contribution < -0.4 is 5.11 Å². The number of aryl methyl sites for hydroxylation is 1. The highest BCUT2D eigenvalue weighted by Gasteiger charge is 2.18. The van der Waals surface area contributed by atoms with E-state index in [1.165, 1.54) is 6.92 Å². The Labute approximate surface area is 77.9 Å². The van der Waals surface area contributed by atoms with Gasteiger partial charge in [-0.2, -0.15) is 0 Å². The highest BCUT2D eigenvalue weighted by atomic mass is 16.6. The number of nitrogens with zero attached hydrogens (tertiary/aromatic N) is 2. The maximum atomic E-state index is 11.1. The van der Waals surface area contributed by atoms with Crippen LogP contribution in [0, 0.1) is 27.2 Å². The average molecular weight is 197 g/mol. The van der Waals surface area contributed by atoms with Gasteiger partial charge in [-0.25, -0.2) is 0 Å². The van der Waals surface area contributed by atoms with E-state index in [0.717, 1.165) is 12.1 Å². The molecule has 14 heavy (non-hydrogen) atoms. The molecule has 1 aromatic carbocycles. The van der Waals surface area contributed by atoms with Gasteiger partial charge in [0, 0.05) is 12.1 Å². The van der Waals surface area contributed by atoms with Crippen LogP contribution in [-0.4, -0.2) is 9.85 Å². The van der Waals surface area contributed by atoms with Crippen LogP contribution >= 0.6 is 0 Å². The van der Waals surface area contributed by atoms with Crippen molar-refractivity contribution in [2.45, 2.75) is 6.92 Å². The van der Waals surface area contributed by atoms with Crippen molar-refractivity contribution < 1.29 is 15.0 Å². The predicted octanol–water partition coefficient (Wildman–Crippen LogP) is 0.885. The van der Waals surface area contributed by atoms with E-state index in [1.54, 1.807) is 0 Å². The van der Waals surface area contributed by atoms with E-state index >= 15 is 0 Å². The fourth-order valence-corrected chi connectivity index (χ4v) is 1.01. The molecule has 0 radical (unpaired) electrons. The lowest BCUT2D eigenvalue weighted by molar-refractivity contribution is -0.416. The molecule has 0 bridgehead atoms. The monoisotopic (exact) mass is 197 g/mol. The zero-order valence-electron chi connectivity index (χ0n) is 7.09. The minimum Gasteiger partial charge on any atom is -0.863 e. The molecule has 0 saturated heterocycles. The minimum absolute atomic E-state index is 0.308. The third kappa shape index (κ3) is 1.60. The lowest BCUT2D eigenvalue weighted by Crippen LogP contribution is -2.03. The maximum Gasteiger partial charge on any atom is 0.268 e. The Morgan fingerprint density at radius 3 is 1.71 bits per heavy atom. The summed E-state index contributed by atoms with van der Waals surface area (Å²) in [5.74, 6) is -1.16. The molecule has 0 atom stereocenters. The van der Waals surface area contributed by atoms with Gasteiger partial charge in [0.2, 0.25) is 0 Å². The predicted molar refractivity (Wildman–Crippen MR) is 43.9 cm³/mol. The van der Waals surface area contributed by atoms with Gasteiger partial charge in [-0.3, -0.25) is 20.2 Å². The Morgan fingerprint density at radius 1 is 1.07 bits per heavy atom. The van der Waals surface area contributed by atoms with Gasteiger partial charge < -0.3 is 5.11 Å². The van der Waals surface area contributed by atoms with Gasteiger partial charge in [0.15, 0.2) is 0 Å². The van der Waals surface area contributed by atoms with Gasteiger partial charge in [-0.1, -0.05) is 0 Å². The fourth-order valence-electron chi connectivity index (χ4n) is 1.01. The summed E-state index contributed by atoms with van der Waals surface area (Å²) in [6.07, 6.45) is 0. The van der Waals surface area contributed by atoms with E-state index in [4.69, 9.17) is 0 Å². The van der Waals surface area contributed by atoms with Gasteiger partial charge in [-0.15, -0.1) is 0 Å². The molecule has 0 saturated carbocycles. The molecule has 1 aromatic rings. The van der Waals surface area contributed by atoms with Crippen LogP contribution in [0.25, 0.3) is 0 Å². The molecule has 0 aliphatic heterocycles. The third-order valence-corrected chi connectivity index (χ3v) is 1.59. The average Bonchev–Trinajstić information content (AvgIpc) is 2.07. The van der Waals surface area contributed by atoms with Gasteiger partial charge >= 0.3 is 0 Å². The molecule has 0 heterocycles. The Bertz CT molecular complexity index is 380. The van der Waals surface area contributed by atoms with Gasteiger partial charge in [-0.05, 0) is 12.5 Å². The second-order valence-corrected chi connectivity index (χ2v) is 2.65. The number of hydrogen-bond donors (Lipinski definition) is 0. The molecule has 0 unspecified atom stereocenters. The summed E-state index contributed by atoms with van der Waals surface area (Å²) in [6, 6.07) is 2.02. The molecular weight excluding hydrogens is 192 g/mol. The Morgan fingerprint density at radius 2 is 1.43 bits per heavy atom. The zero-order chi connectivity index (χ0) is 10.9. The lowest BCUT2D eigenvalue weighted by Gasteiger charge is -2.07. The van der Waals surface area contributed by atoms with Crippen LogP contribution in [0.1, 0.15) is 5.56 Å². The molecule has 0 spiro atoms. The van der Waals surface area contributed by atoms with E-state index in [-0.39, 0.29) is 0 Å². The zero-order valence-corrected chi connectivity index (χ0v) is 7.09. The van der Waals surface area contributed by atoms with Crippen molar-refractivity contribution in [2.75, 3.05) is 0 Å². The quantitative estimate of drug-likeness (QED) is 0.516. The second-order valence-electron chi connectivity index (χ2n) is 2.65. The fraction of sp³-hybridized carbons (Fsp3) is 0.143. The van der Waals surface area contributed by atoms with Crippen molar-refractivity contribution in [1.82, 2.24) is 0 Å². The molecule has 0 fully saturated rings. The largest absolute Gasteiger partial charge is 0.863 e. The Hall–Kier alpha value is -2.18. The number of benzene rings is 1. The van der Waals surface area contributed by atoms with Crippen molar-refractivity contribution in [2.24, 2.45) is 0 Å². The molecule has 0 aliphatic carbocycles. The number of hydrogen-bond acceptors (Lipinski definition) is 5. The van der Waals surface area contributed by atoms with Crippen LogP contribution in [0.3, 0.4) is 0 Å². The van der Waals surface area contributed by atoms with Crippen molar-refractivity contribution >= 4 is 11.4 Å². The normalized spacial score (nSPS) is 9.79. The highest BCUT2D eigenvalue weighted by molar-refractivity contribution is 5.59. The van der Waals surface area contributed by atoms with E-state index in [9.17, 15) is 25.3 Å². The SMILES string of the molecule is Cc1cc([N+](=O)[O-])c([O-])c([N+](=O)[O-])c1. The highest BCUT2D eigenvalue weighted by Crippen LogP contribution is 2.33. The first-order valence-electron chi connectivity index (χ1n) is 3.54. The van der Waals surface area contributed by atoms with Crippen molar-refractivity contribution in [3.05, 3.63) is 37.9 Å². The topological polar surface area (TPSA) is 109 Å². The van der Waals surface area contributed by atoms with Crippen molar-refractivity contribution in [3.8, 4) is 5.75 Å². The maximum absolute atomic E-state index is 11.1. The van der Waals surface area contributed by atoms with Gasteiger partial charge in [0.25, 0.3) is 11.4 Å². The van der Waals surface area contributed by atoms with E-state index in [2.05, 4.69) is 0 Å². The first-order valence-corrected chi connectivity index (χ1v) is 3.54. The minimum atomic E-state index is -1.16. The summed E-state index contributed by atoms with van der Waals surface area (Å²) >= 11 is 0. The molecule has 0 amide bonds. The summed E-state index contributed by atoms with van der Waals surface area (Å²) in [7, 11) is 0. The van der Waals surface area contributed by atoms with Crippen LogP contribution in [0.15, 0.2) is 12.1 Å². The van der Waals surface area contributed by atoms with Crippen LogP contribution in [0.2, 0.25) is 0 Å². The van der Waals surface area contributed by atoms with Crippen LogP contribution in [0.4, 0.5) is 11.4 Å². The summed E-state index contributed by atoms with van der Waals surface area (Å²) in [4.78, 5) is 18.8. The summed E-state index contributed by atoms with van der Waals surface area (Å²) in [6.45, 7) is 1.44. The lowest BCUT2D eigenvalue weighted by atomic mass is 10.2.